The van der Waals surface area contributed by atoms with Gasteiger partial charge in [0.1, 0.15) is 0 Å². The van der Waals surface area contributed by atoms with Crippen molar-refractivity contribution in [3.8, 4) is 0 Å². The lowest BCUT2D eigenvalue weighted by molar-refractivity contribution is -0.179. The fourth-order valence-corrected chi connectivity index (χ4v) is 4.34. The molecule has 2 saturated carbocycles. The van der Waals surface area contributed by atoms with Crippen LogP contribution in [0.25, 0.3) is 6.08 Å². The molecule has 4 rings (SSSR count). The van der Waals surface area contributed by atoms with Crippen molar-refractivity contribution in [1.82, 2.24) is 5.32 Å². The van der Waals surface area contributed by atoms with Crippen molar-refractivity contribution in [2.45, 2.75) is 63.3 Å². The van der Waals surface area contributed by atoms with E-state index in [-0.39, 0.29) is 5.79 Å². The van der Waals surface area contributed by atoms with Crippen LogP contribution in [0.2, 0.25) is 0 Å². The summed E-state index contributed by atoms with van der Waals surface area (Å²) >= 11 is 0. The molecule has 1 unspecified atom stereocenters. The molecule has 1 N–H and O–H groups in total. The minimum Gasteiger partial charge on any atom is -0.348 e. The predicted molar refractivity (Wildman–Crippen MR) is 96.6 cm³/mol. The van der Waals surface area contributed by atoms with Crippen LogP contribution in [0.4, 0.5) is 0 Å². The van der Waals surface area contributed by atoms with E-state index >= 15 is 0 Å². The lowest BCUT2D eigenvalue weighted by Crippen LogP contribution is -2.43. The van der Waals surface area contributed by atoms with Crippen molar-refractivity contribution in [1.29, 1.82) is 0 Å². The summed E-state index contributed by atoms with van der Waals surface area (Å²) in [4.78, 5) is 0. The number of ether oxygens (including phenoxy) is 2. The summed E-state index contributed by atoms with van der Waals surface area (Å²) in [5, 5.41) is 3.90. The first-order valence-corrected chi connectivity index (χ1v) is 9.57. The molecule has 0 aromatic heterocycles. The maximum absolute atomic E-state index is 5.83. The van der Waals surface area contributed by atoms with Gasteiger partial charge in [0.15, 0.2) is 5.79 Å². The molecular weight excluding hydrogens is 298 g/mol. The smallest absolute Gasteiger partial charge is 0.168 e. The van der Waals surface area contributed by atoms with E-state index in [0.717, 1.165) is 38.4 Å². The first-order valence-electron chi connectivity index (χ1n) is 9.57. The summed E-state index contributed by atoms with van der Waals surface area (Å²) in [6.45, 7) is 3.82. The van der Waals surface area contributed by atoms with Gasteiger partial charge in [-0.05, 0) is 37.2 Å². The summed E-state index contributed by atoms with van der Waals surface area (Å²) in [6, 6.07) is 12.0. The molecule has 3 aliphatic rings. The third-order valence-corrected chi connectivity index (χ3v) is 5.84. The molecule has 1 heterocycles. The van der Waals surface area contributed by atoms with Crippen LogP contribution in [0.5, 0.6) is 0 Å². The highest BCUT2D eigenvalue weighted by Gasteiger charge is 2.44. The molecule has 1 aliphatic heterocycles. The summed E-state index contributed by atoms with van der Waals surface area (Å²) < 4.78 is 11.7. The quantitative estimate of drug-likeness (QED) is 0.881. The van der Waals surface area contributed by atoms with Crippen LogP contribution in [0.1, 0.15) is 51.0 Å². The molecule has 1 spiro atoms. The predicted octanol–water partition coefficient (Wildman–Crippen LogP) is 4.14. The second-order valence-corrected chi connectivity index (χ2v) is 7.48. The van der Waals surface area contributed by atoms with E-state index in [9.17, 15) is 0 Å². The Hall–Kier alpha value is -1.16. The van der Waals surface area contributed by atoms with Crippen LogP contribution in [-0.4, -0.2) is 31.1 Å². The molecule has 2 atom stereocenters. The van der Waals surface area contributed by atoms with Crippen LogP contribution in [0.15, 0.2) is 35.9 Å². The fourth-order valence-electron chi connectivity index (χ4n) is 4.34. The molecule has 24 heavy (non-hydrogen) atoms. The van der Waals surface area contributed by atoms with Gasteiger partial charge in [0.2, 0.25) is 0 Å². The van der Waals surface area contributed by atoms with Crippen LogP contribution < -0.4 is 5.32 Å². The zero-order valence-electron chi connectivity index (χ0n) is 14.7. The largest absolute Gasteiger partial charge is 0.348 e. The summed E-state index contributed by atoms with van der Waals surface area (Å²) in [5.41, 5.74) is 2.92. The highest BCUT2D eigenvalue weighted by Crippen LogP contribution is 2.42. The SMILES string of the molecule is CCC(=Cc1ccccc1)C1C[C@@H]1NC1CCC2(CC1)OCCO2. The first-order chi connectivity index (χ1) is 11.8. The molecule has 0 bridgehead atoms. The van der Waals surface area contributed by atoms with Crippen molar-refractivity contribution in [2.75, 3.05) is 13.2 Å². The Bertz CT molecular complexity index is 567. The Morgan fingerprint density at radius 2 is 1.88 bits per heavy atom. The Labute approximate surface area is 145 Å². The average molecular weight is 327 g/mol. The Kier molecular flexibility index (Phi) is 4.75. The maximum Gasteiger partial charge on any atom is 0.168 e. The molecule has 2 aliphatic carbocycles. The van der Waals surface area contributed by atoms with Crippen LogP contribution >= 0.6 is 0 Å². The minimum atomic E-state index is -0.233. The molecular formula is C21H29NO2. The maximum atomic E-state index is 5.83. The number of rotatable bonds is 5. The molecule has 1 saturated heterocycles. The van der Waals surface area contributed by atoms with Crippen molar-refractivity contribution in [3.63, 3.8) is 0 Å². The second kappa shape index (κ2) is 6.99. The molecule has 3 nitrogen and oxygen atoms in total. The van der Waals surface area contributed by atoms with Gasteiger partial charge in [0, 0.05) is 24.9 Å². The fraction of sp³-hybridized carbons (Fsp3) is 0.619. The van der Waals surface area contributed by atoms with Crippen LogP contribution in [0.3, 0.4) is 0 Å². The number of nitrogens with one attached hydrogen (secondary N) is 1. The molecule has 1 aromatic carbocycles. The van der Waals surface area contributed by atoms with E-state index in [1.54, 1.807) is 5.57 Å². The van der Waals surface area contributed by atoms with Crippen LogP contribution in [0, 0.1) is 5.92 Å². The Balaban J connectivity index is 1.29. The summed E-state index contributed by atoms with van der Waals surface area (Å²) in [5.74, 6) is 0.494. The highest BCUT2D eigenvalue weighted by atomic mass is 16.7. The first kappa shape index (κ1) is 16.3. The van der Waals surface area contributed by atoms with Gasteiger partial charge in [-0.15, -0.1) is 0 Å². The molecule has 0 radical (unpaired) electrons. The number of benzene rings is 1. The topological polar surface area (TPSA) is 30.5 Å². The van der Waals surface area contributed by atoms with E-state index < -0.39 is 0 Å². The molecule has 3 heteroatoms. The minimum absolute atomic E-state index is 0.233. The second-order valence-electron chi connectivity index (χ2n) is 7.48. The van der Waals surface area contributed by atoms with Gasteiger partial charge in [-0.1, -0.05) is 48.9 Å². The van der Waals surface area contributed by atoms with Gasteiger partial charge < -0.3 is 14.8 Å². The van der Waals surface area contributed by atoms with Gasteiger partial charge in [0.05, 0.1) is 13.2 Å². The van der Waals surface area contributed by atoms with E-state index in [0.29, 0.717) is 12.1 Å². The van der Waals surface area contributed by atoms with Crippen molar-refractivity contribution < 1.29 is 9.47 Å². The van der Waals surface area contributed by atoms with Gasteiger partial charge in [-0.3, -0.25) is 0 Å². The van der Waals surface area contributed by atoms with E-state index in [1.807, 2.05) is 0 Å². The summed E-state index contributed by atoms with van der Waals surface area (Å²) in [6.07, 6.45) is 9.27. The van der Waals surface area contributed by atoms with E-state index in [2.05, 4.69) is 48.6 Å². The zero-order chi connectivity index (χ0) is 16.4. The van der Waals surface area contributed by atoms with E-state index in [1.165, 1.54) is 24.8 Å². The molecule has 0 amide bonds. The zero-order valence-corrected chi connectivity index (χ0v) is 14.7. The molecule has 3 fully saturated rings. The normalized spacial score (nSPS) is 30.0. The number of hydrogen-bond donors (Lipinski definition) is 1. The van der Waals surface area contributed by atoms with Crippen molar-refractivity contribution in [3.05, 3.63) is 41.5 Å². The number of hydrogen-bond acceptors (Lipinski definition) is 3. The van der Waals surface area contributed by atoms with Gasteiger partial charge >= 0.3 is 0 Å². The molecule has 1 aromatic rings. The van der Waals surface area contributed by atoms with E-state index in [4.69, 9.17) is 9.47 Å². The lowest BCUT2D eigenvalue weighted by Gasteiger charge is -2.35. The lowest BCUT2D eigenvalue weighted by atomic mass is 9.90. The van der Waals surface area contributed by atoms with Crippen molar-refractivity contribution in [2.24, 2.45) is 5.92 Å². The van der Waals surface area contributed by atoms with Gasteiger partial charge in [-0.2, -0.15) is 0 Å². The van der Waals surface area contributed by atoms with Crippen molar-refractivity contribution >= 4 is 6.08 Å². The average Bonchev–Trinajstić information content (AvgIpc) is 3.24. The van der Waals surface area contributed by atoms with Gasteiger partial charge in [-0.25, -0.2) is 0 Å². The highest BCUT2D eigenvalue weighted by molar-refractivity contribution is 5.54. The Morgan fingerprint density at radius 1 is 1.17 bits per heavy atom. The standard InChI is InChI=1S/C21H29NO2/c1-2-17(14-16-6-4-3-5-7-16)19-15-20(19)22-18-8-10-21(11-9-18)23-12-13-24-21/h3-7,14,18-20,22H,2,8-13,15H2,1H3/t19?,20-/m0/s1. The van der Waals surface area contributed by atoms with Gasteiger partial charge in [0.25, 0.3) is 0 Å². The molecule has 130 valence electrons. The Morgan fingerprint density at radius 3 is 2.54 bits per heavy atom. The third kappa shape index (κ3) is 3.58. The monoisotopic (exact) mass is 327 g/mol. The summed E-state index contributed by atoms with van der Waals surface area (Å²) in [7, 11) is 0. The van der Waals surface area contributed by atoms with Crippen LogP contribution in [-0.2, 0) is 9.47 Å². The third-order valence-electron chi connectivity index (χ3n) is 5.84.